The summed E-state index contributed by atoms with van der Waals surface area (Å²) in [7, 11) is -4.07. The van der Waals surface area contributed by atoms with Gasteiger partial charge in [0.25, 0.3) is 15.9 Å². The summed E-state index contributed by atoms with van der Waals surface area (Å²) in [6.45, 7) is 7.45. The summed E-state index contributed by atoms with van der Waals surface area (Å²) in [4.78, 5) is 12.9. The topological polar surface area (TPSA) is 97.3 Å². The van der Waals surface area contributed by atoms with E-state index < -0.39 is 22.5 Å². The van der Waals surface area contributed by atoms with Gasteiger partial charge in [0, 0.05) is 5.02 Å². The van der Waals surface area contributed by atoms with E-state index in [9.17, 15) is 13.2 Å². The van der Waals surface area contributed by atoms with Crippen LogP contribution in [0.15, 0.2) is 89.4 Å². The van der Waals surface area contributed by atoms with E-state index in [1.54, 1.807) is 67.6 Å². The Kier molecular flexibility index (Phi) is 9.71. The van der Waals surface area contributed by atoms with E-state index in [1.165, 1.54) is 18.3 Å². The number of amides is 1. The number of halogens is 1. The molecule has 0 atom stereocenters. The maximum atomic E-state index is 13.5. The highest BCUT2D eigenvalue weighted by atomic mass is 35.5. The van der Waals surface area contributed by atoms with Crippen molar-refractivity contribution in [3.8, 4) is 11.5 Å². The SMILES string of the molecule is C=CCOc1ccc(/C=N\NC(=O)CN(c2cccc(Cl)c2C)S(=O)(=O)c2ccccc2)cc1OCC. The highest BCUT2D eigenvalue weighted by Gasteiger charge is 2.28. The number of hydrogen-bond acceptors (Lipinski definition) is 6. The molecule has 0 aliphatic carbocycles. The number of carbonyl (C=O) groups is 1. The van der Waals surface area contributed by atoms with Crippen LogP contribution in [0.25, 0.3) is 0 Å². The van der Waals surface area contributed by atoms with E-state index >= 15 is 0 Å². The second-order valence-electron chi connectivity index (χ2n) is 7.74. The van der Waals surface area contributed by atoms with Crippen LogP contribution in [0.4, 0.5) is 5.69 Å². The quantitative estimate of drug-likeness (QED) is 0.199. The molecule has 3 aromatic carbocycles. The molecule has 0 aliphatic heterocycles. The molecular formula is C27H28ClN3O5S. The summed E-state index contributed by atoms with van der Waals surface area (Å²) in [6, 6.07) is 18.0. The number of carbonyl (C=O) groups excluding carboxylic acids is 1. The summed E-state index contributed by atoms with van der Waals surface area (Å²) in [5, 5.41) is 4.38. The molecule has 0 spiro atoms. The normalized spacial score (nSPS) is 11.2. The molecule has 10 heteroatoms. The molecule has 0 aromatic heterocycles. The van der Waals surface area contributed by atoms with Crippen LogP contribution in [0.2, 0.25) is 5.02 Å². The van der Waals surface area contributed by atoms with Crippen LogP contribution in [0.5, 0.6) is 11.5 Å². The van der Waals surface area contributed by atoms with Gasteiger partial charge in [-0.2, -0.15) is 5.10 Å². The molecule has 0 radical (unpaired) electrons. The molecule has 0 saturated heterocycles. The van der Waals surface area contributed by atoms with Crippen molar-refractivity contribution < 1.29 is 22.7 Å². The Morgan fingerprint density at radius 2 is 1.84 bits per heavy atom. The molecule has 194 valence electrons. The van der Waals surface area contributed by atoms with Crippen molar-refractivity contribution in [1.29, 1.82) is 0 Å². The standard InChI is InChI=1S/C27H28ClN3O5S/c1-4-16-36-25-15-14-21(17-26(25)35-5-2)18-29-30-27(32)19-31(24-13-9-12-23(28)20(24)3)37(33,34)22-10-7-6-8-11-22/h4,6-15,17-18H,1,5,16,19H2,2-3H3,(H,30,32)/b29-18-. The highest BCUT2D eigenvalue weighted by Crippen LogP contribution is 2.31. The molecule has 0 aliphatic rings. The lowest BCUT2D eigenvalue weighted by Crippen LogP contribution is -2.40. The minimum atomic E-state index is -4.07. The zero-order valence-corrected chi connectivity index (χ0v) is 22.1. The van der Waals surface area contributed by atoms with Crippen molar-refractivity contribution in [1.82, 2.24) is 5.43 Å². The zero-order chi connectivity index (χ0) is 26.8. The first-order chi connectivity index (χ1) is 17.8. The lowest BCUT2D eigenvalue weighted by atomic mass is 10.2. The molecule has 0 bridgehead atoms. The third-order valence-electron chi connectivity index (χ3n) is 5.15. The smallest absolute Gasteiger partial charge is 0.264 e. The summed E-state index contributed by atoms with van der Waals surface area (Å²) in [5.74, 6) is 0.448. The maximum Gasteiger partial charge on any atom is 0.264 e. The highest BCUT2D eigenvalue weighted by molar-refractivity contribution is 7.92. The minimum Gasteiger partial charge on any atom is -0.490 e. The monoisotopic (exact) mass is 541 g/mol. The van der Waals surface area contributed by atoms with Crippen LogP contribution in [0, 0.1) is 6.92 Å². The first-order valence-electron chi connectivity index (χ1n) is 11.4. The van der Waals surface area contributed by atoms with Gasteiger partial charge >= 0.3 is 0 Å². The van der Waals surface area contributed by atoms with Crippen molar-refractivity contribution in [2.45, 2.75) is 18.7 Å². The summed E-state index contributed by atoms with van der Waals surface area (Å²) in [5.41, 5.74) is 3.87. The number of sulfonamides is 1. The number of benzene rings is 3. The van der Waals surface area contributed by atoms with Gasteiger partial charge in [-0.05, 0) is 67.4 Å². The van der Waals surface area contributed by atoms with Gasteiger partial charge in [-0.3, -0.25) is 9.10 Å². The van der Waals surface area contributed by atoms with Gasteiger partial charge in [0.05, 0.1) is 23.4 Å². The Hall–Kier alpha value is -3.82. The largest absolute Gasteiger partial charge is 0.490 e. The summed E-state index contributed by atoms with van der Waals surface area (Å²) < 4.78 is 39.1. The molecule has 3 aromatic rings. The second kappa shape index (κ2) is 12.9. The maximum absolute atomic E-state index is 13.5. The Morgan fingerprint density at radius 1 is 1.08 bits per heavy atom. The zero-order valence-electron chi connectivity index (χ0n) is 20.6. The van der Waals surface area contributed by atoms with Gasteiger partial charge in [0.15, 0.2) is 11.5 Å². The van der Waals surface area contributed by atoms with E-state index in [2.05, 4.69) is 17.1 Å². The molecule has 1 N–H and O–H groups in total. The summed E-state index contributed by atoms with van der Waals surface area (Å²) in [6.07, 6.45) is 3.06. The van der Waals surface area contributed by atoms with Crippen LogP contribution < -0.4 is 19.2 Å². The van der Waals surface area contributed by atoms with Crippen LogP contribution in [-0.4, -0.2) is 40.3 Å². The Morgan fingerprint density at radius 3 is 2.54 bits per heavy atom. The Balaban J connectivity index is 1.81. The molecule has 1 amide bonds. The van der Waals surface area contributed by atoms with Crippen molar-refractivity contribution in [3.05, 3.63) is 95.5 Å². The Labute approximate surface area is 222 Å². The van der Waals surface area contributed by atoms with Crippen molar-refractivity contribution >= 4 is 39.4 Å². The van der Waals surface area contributed by atoms with E-state index in [0.717, 1.165) is 4.31 Å². The van der Waals surface area contributed by atoms with Gasteiger partial charge < -0.3 is 9.47 Å². The van der Waals surface area contributed by atoms with Crippen LogP contribution in [-0.2, 0) is 14.8 Å². The van der Waals surface area contributed by atoms with Crippen molar-refractivity contribution in [2.24, 2.45) is 5.10 Å². The molecule has 0 saturated carbocycles. The predicted molar refractivity (Wildman–Crippen MR) is 146 cm³/mol. The van der Waals surface area contributed by atoms with Gasteiger partial charge in [-0.1, -0.05) is 48.5 Å². The van der Waals surface area contributed by atoms with E-state index in [1.807, 2.05) is 6.92 Å². The molecule has 0 fully saturated rings. The number of hydrazone groups is 1. The molecule has 8 nitrogen and oxygen atoms in total. The first kappa shape index (κ1) is 27.8. The van der Waals surface area contributed by atoms with Gasteiger partial charge in [0.2, 0.25) is 0 Å². The van der Waals surface area contributed by atoms with Crippen LogP contribution in [0.1, 0.15) is 18.1 Å². The fourth-order valence-electron chi connectivity index (χ4n) is 3.37. The van der Waals surface area contributed by atoms with E-state index in [4.69, 9.17) is 21.1 Å². The van der Waals surface area contributed by atoms with Crippen LogP contribution in [0.3, 0.4) is 0 Å². The number of ether oxygens (including phenoxy) is 2. The fourth-order valence-corrected chi connectivity index (χ4v) is 5.04. The van der Waals surface area contributed by atoms with Crippen LogP contribution >= 0.6 is 11.6 Å². The van der Waals surface area contributed by atoms with E-state index in [-0.39, 0.29) is 4.90 Å². The predicted octanol–water partition coefficient (Wildman–Crippen LogP) is 4.96. The molecular weight excluding hydrogens is 514 g/mol. The third-order valence-corrected chi connectivity index (χ3v) is 7.34. The minimum absolute atomic E-state index is 0.0490. The van der Waals surface area contributed by atoms with Gasteiger partial charge in [0.1, 0.15) is 13.2 Å². The van der Waals surface area contributed by atoms with E-state index in [0.29, 0.717) is 46.5 Å². The first-order valence-corrected chi connectivity index (χ1v) is 13.2. The average Bonchev–Trinajstić information content (AvgIpc) is 2.89. The van der Waals surface area contributed by atoms with Gasteiger partial charge in [-0.25, -0.2) is 13.8 Å². The number of nitrogens with zero attached hydrogens (tertiary/aromatic N) is 2. The average molecular weight is 542 g/mol. The lowest BCUT2D eigenvalue weighted by molar-refractivity contribution is -0.119. The lowest BCUT2D eigenvalue weighted by Gasteiger charge is -2.25. The van der Waals surface area contributed by atoms with Crippen molar-refractivity contribution in [3.63, 3.8) is 0 Å². The number of rotatable bonds is 12. The Bertz CT molecular complexity index is 1380. The number of nitrogens with one attached hydrogen (secondary N) is 1. The number of anilines is 1. The number of hydrogen-bond donors (Lipinski definition) is 1. The summed E-state index contributed by atoms with van der Waals surface area (Å²) >= 11 is 6.25. The molecule has 3 rings (SSSR count). The third kappa shape index (κ3) is 7.12. The molecule has 37 heavy (non-hydrogen) atoms. The van der Waals surface area contributed by atoms with Gasteiger partial charge in [-0.15, -0.1) is 0 Å². The fraction of sp³-hybridized carbons (Fsp3) is 0.185. The second-order valence-corrected chi connectivity index (χ2v) is 10.0. The molecule has 0 heterocycles. The molecule has 0 unspecified atom stereocenters. The van der Waals surface area contributed by atoms with Crippen molar-refractivity contribution in [2.75, 3.05) is 24.1 Å².